The molecule has 1 atom stereocenters. The molecule has 0 heterocycles. The van der Waals surface area contributed by atoms with E-state index in [2.05, 4.69) is 4.99 Å². The summed E-state index contributed by atoms with van der Waals surface area (Å²) in [6.45, 7) is 8.12. The van der Waals surface area contributed by atoms with Crippen LogP contribution in [-0.4, -0.2) is 47.0 Å². The zero-order valence-electron chi connectivity index (χ0n) is 16.8. The van der Waals surface area contributed by atoms with E-state index in [1.54, 1.807) is 6.34 Å². The van der Waals surface area contributed by atoms with Gasteiger partial charge in [-0.1, -0.05) is 0 Å². The first-order valence-electron chi connectivity index (χ1n) is 8.99. The molecule has 0 bridgehead atoms. The molecule has 0 saturated heterocycles. The molecule has 2 N–H and O–H groups in total. The van der Waals surface area contributed by atoms with Gasteiger partial charge in [-0.3, -0.25) is 4.79 Å². The highest BCUT2D eigenvalue weighted by molar-refractivity contribution is 5.90. The number of ether oxygens (including phenoxy) is 1. The summed E-state index contributed by atoms with van der Waals surface area (Å²) in [5.74, 6) is -1.52. The summed E-state index contributed by atoms with van der Waals surface area (Å²) >= 11 is 0. The highest BCUT2D eigenvalue weighted by Crippen LogP contribution is 2.36. The highest BCUT2D eigenvalue weighted by Gasteiger charge is 2.37. The number of aliphatic imine (C=N–C) groups is 1. The molecular weight excluding hydrogens is 360 g/mol. The lowest BCUT2D eigenvalue weighted by molar-refractivity contribution is -0.145. The Kier molecular flexibility index (Phi) is 6.28. The average Bonchev–Trinajstić information content (AvgIpc) is 2.62. The van der Waals surface area contributed by atoms with E-state index in [4.69, 9.17) is 4.74 Å². The highest BCUT2D eigenvalue weighted by atomic mass is 16.5. The van der Waals surface area contributed by atoms with Crippen molar-refractivity contribution in [2.75, 3.05) is 13.6 Å². The summed E-state index contributed by atoms with van der Waals surface area (Å²) in [6.07, 6.45) is 4.50. The molecule has 0 amide bonds. The predicted molar refractivity (Wildman–Crippen MR) is 107 cm³/mol. The van der Waals surface area contributed by atoms with E-state index in [1.807, 2.05) is 44.9 Å². The number of allylic oxidation sites excluding steroid dienone is 1. The van der Waals surface area contributed by atoms with Gasteiger partial charge in [0.15, 0.2) is 0 Å². The third-order valence-electron chi connectivity index (χ3n) is 4.71. The summed E-state index contributed by atoms with van der Waals surface area (Å²) in [7, 11) is 1.94. The van der Waals surface area contributed by atoms with E-state index in [1.165, 1.54) is 19.1 Å². The minimum Gasteiger partial charge on any atom is -0.481 e. The first kappa shape index (κ1) is 21.2. The van der Waals surface area contributed by atoms with E-state index >= 15 is 0 Å². The van der Waals surface area contributed by atoms with Crippen LogP contribution in [0.15, 0.2) is 40.6 Å². The van der Waals surface area contributed by atoms with Crippen molar-refractivity contribution in [2.45, 2.75) is 34.1 Å². The number of rotatable bonds is 7. The van der Waals surface area contributed by atoms with Gasteiger partial charge in [-0.15, -0.1) is 0 Å². The molecular formula is C21H26N2O5. The van der Waals surface area contributed by atoms with Crippen LogP contribution < -0.4 is 4.74 Å². The van der Waals surface area contributed by atoms with Crippen LogP contribution in [-0.2, 0) is 9.59 Å². The number of carbonyl (C=O) groups is 2. The first-order valence-corrected chi connectivity index (χ1v) is 8.99. The zero-order chi connectivity index (χ0) is 21.1. The fourth-order valence-corrected chi connectivity index (χ4v) is 2.75. The number of hydrogen-bond donors (Lipinski definition) is 2. The number of nitrogens with zero attached hydrogens (tertiary/aromatic N) is 2. The summed E-state index contributed by atoms with van der Waals surface area (Å²) < 4.78 is 5.89. The maximum Gasteiger partial charge on any atom is 0.331 e. The molecule has 1 aliphatic carbocycles. The maximum atomic E-state index is 11.6. The van der Waals surface area contributed by atoms with Gasteiger partial charge >= 0.3 is 11.9 Å². The van der Waals surface area contributed by atoms with Gasteiger partial charge in [0.25, 0.3) is 0 Å². The lowest BCUT2D eigenvalue weighted by Crippen LogP contribution is -2.30. The van der Waals surface area contributed by atoms with Gasteiger partial charge in [0.2, 0.25) is 0 Å². The van der Waals surface area contributed by atoms with Crippen molar-refractivity contribution in [1.82, 2.24) is 4.90 Å². The van der Waals surface area contributed by atoms with Crippen molar-refractivity contribution in [3.8, 4) is 5.75 Å². The number of aliphatic carboxylic acids is 2. The molecule has 150 valence electrons. The Morgan fingerprint density at radius 2 is 1.96 bits per heavy atom. The smallest absolute Gasteiger partial charge is 0.331 e. The number of carboxylic acids is 2. The molecule has 0 aliphatic heterocycles. The maximum absolute atomic E-state index is 11.6. The SMILES string of the molecule is CCN(C)C=Nc1cc(C)c(OC2=CC(C)(C(=O)O)CC(C(=O)O)=C2)cc1C. The van der Waals surface area contributed by atoms with Crippen molar-refractivity contribution < 1.29 is 24.5 Å². The van der Waals surface area contributed by atoms with E-state index < -0.39 is 17.4 Å². The summed E-state index contributed by atoms with van der Waals surface area (Å²) in [5, 5.41) is 18.8. The Labute approximate surface area is 164 Å². The van der Waals surface area contributed by atoms with Crippen LogP contribution in [0.25, 0.3) is 0 Å². The van der Waals surface area contributed by atoms with Gasteiger partial charge in [-0.05, 0) is 69.5 Å². The lowest BCUT2D eigenvalue weighted by Gasteiger charge is -2.26. The zero-order valence-corrected chi connectivity index (χ0v) is 16.8. The lowest BCUT2D eigenvalue weighted by atomic mass is 9.79. The normalized spacial score (nSPS) is 19.2. The van der Waals surface area contributed by atoms with Crippen LogP contribution in [0, 0.1) is 19.3 Å². The average molecular weight is 386 g/mol. The molecule has 0 radical (unpaired) electrons. The molecule has 1 aliphatic rings. The van der Waals surface area contributed by atoms with Crippen molar-refractivity contribution in [1.29, 1.82) is 0 Å². The number of hydrogen-bond acceptors (Lipinski definition) is 4. The number of carboxylic acid groups (broad SMARTS) is 2. The van der Waals surface area contributed by atoms with E-state index in [0.717, 1.165) is 23.4 Å². The van der Waals surface area contributed by atoms with E-state index in [9.17, 15) is 19.8 Å². The van der Waals surface area contributed by atoms with Crippen molar-refractivity contribution in [3.63, 3.8) is 0 Å². The third-order valence-corrected chi connectivity index (χ3v) is 4.71. The Bertz CT molecular complexity index is 885. The van der Waals surface area contributed by atoms with Crippen LogP contribution in [0.2, 0.25) is 0 Å². The minimum atomic E-state index is -1.34. The molecule has 2 rings (SSSR count). The first-order chi connectivity index (χ1) is 13.1. The van der Waals surface area contributed by atoms with Crippen LogP contribution in [0.1, 0.15) is 31.4 Å². The molecule has 1 aromatic rings. The molecule has 28 heavy (non-hydrogen) atoms. The Balaban J connectivity index is 2.37. The van der Waals surface area contributed by atoms with Gasteiger partial charge < -0.3 is 19.8 Å². The minimum absolute atomic E-state index is 0.000554. The predicted octanol–water partition coefficient (Wildman–Crippen LogP) is 3.68. The summed E-state index contributed by atoms with van der Waals surface area (Å²) in [4.78, 5) is 29.5. The quantitative estimate of drug-likeness (QED) is 0.548. The molecule has 7 heteroatoms. The summed E-state index contributed by atoms with van der Waals surface area (Å²) in [6, 6.07) is 3.70. The fraction of sp³-hybridized carbons (Fsp3) is 0.381. The van der Waals surface area contributed by atoms with Gasteiger partial charge in [0.1, 0.15) is 11.5 Å². The molecule has 0 aromatic heterocycles. The summed E-state index contributed by atoms with van der Waals surface area (Å²) in [5.41, 5.74) is 1.17. The molecule has 7 nitrogen and oxygen atoms in total. The van der Waals surface area contributed by atoms with Gasteiger partial charge in [0, 0.05) is 19.2 Å². The van der Waals surface area contributed by atoms with Crippen LogP contribution in [0.3, 0.4) is 0 Å². The Hall–Kier alpha value is -3.09. The second kappa shape index (κ2) is 8.29. The largest absolute Gasteiger partial charge is 0.481 e. The van der Waals surface area contributed by atoms with E-state index in [-0.39, 0.29) is 17.8 Å². The van der Waals surface area contributed by atoms with E-state index in [0.29, 0.717) is 5.75 Å². The molecule has 0 spiro atoms. The van der Waals surface area contributed by atoms with Crippen LogP contribution in [0.5, 0.6) is 5.75 Å². The van der Waals surface area contributed by atoms with Gasteiger partial charge in [0.05, 0.1) is 17.4 Å². The van der Waals surface area contributed by atoms with Gasteiger partial charge in [-0.25, -0.2) is 9.79 Å². The molecule has 1 unspecified atom stereocenters. The third kappa shape index (κ3) is 4.79. The standard InChI is InChI=1S/C21H26N2O5/c1-6-23(5)12-22-17-7-14(3)18(8-13(17)2)28-16-9-15(19(24)25)10-21(4,11-16)20(26)27/h7-9,11-12H,6,10H2,1-5H3,(H,24,25)(H,26,27). The Morgan fingerprint density at radius 3 is 2.54 bits per heavy atom. The molecule has 0 fully saturated rings. The second-order valence-corrected chi connectivity index (χ2v) is 7.24. The van der Waals surface area contributed by atoms with Crippen molar-refractivity contribution >= 4 is 24.0 Å². The van der Waals surface area contributed by atoms with Crippen molar-refractivity contribution in [2.24, 2.45) is 10.4 Å². The van der Waals surface area contributed by atoms with Crippen molar-refractivity contribution in [3.05, 3.63) is 46.7 Å². The molecule has 0 saturated carbocycles. The molecule has 1 aromatic carbocycles. The monoisotopic (exact) mass is 386 g/mol. The van der Waals surface area contributed by atoms with Crippen LogP contribution in [0.4, 0.5) is 5.69 Å². The van der Waals surface area contributed by atoms with Gasteiger partial charge in [-0.2, -0.15) is 0 Å². The number of aryl methyl sites for hydroxylation is 2. The fourth-order valence-electron chi connectivity index (χ4n) is 2.75. The Morgan fingerprint density at radius 1 is 1.29 bits per heavy atom. The number of benzene rings is 1. The van der Waals surface area contributed by atoms with Crippen LogP contribution >= 0.6 is 0 Å². The second-order valence-electron chi connectivity index (χ2n) is 7.24. The topological polar surface area (TPSA) is 99.4 Å².